The topological polar surface area (TPSA) is 80.3 Å². The van der Waals surface area contributed by atoms with Crippen LogP contribution in [0.4, 0.5) is 10.8 Å². The van der Waals surface area contributed by atoms with Crippen LogP contribution in [-0.4, -0.2) is 23.4 Å². The number of anilines is 2. The van der Waals surface area contributed by atoms with Gasteiger partial charge < -0.3 is 15.4 Å². The third kappa shape index (κ3) is 3.95. The van der Waals surface area contributed by atoms with Gasteiger partial charge in [-0.05, 0) is 37.3 Å². The maximum atomic E-state index is 12.5. The van der Waals surface area contributed by atoms with Crippen LogP contribution in [0.3, 0.4) is 0 Å². The summed E-state index contributed by atoms with van der Waals surface area (Å²) < 4.78 is 6.37. The molecule has 0 spiro atoms. The lowest BCUT2D eigenvalue weighted by Gasteiger charge is -2.10. The Balaban J connectivity index is 1.83. The van der Waals surface area contributed by atoms with Crippen molar-refractivity contribution >= 4 is 44.2 Å². The van der Waals surface area contributed by atoms with Crippen LogP contribution in [0.15, 0.2) is 42.5 Å². The second kappa shape index (κ2) is 7.31. The molecule has 7 heteroatoms. The van der Waals surface area contributed by atoms with E-state index in [-0.39, 0.29) is 11.8 Å². The van der Waals surface area contributed by atoms with Crippen LogP contribution in [0.1, 0.15) is 24.2 Å². The molecule has 0 radical (unpaired) electrons. The summed E-state index contributed by atoms with van der Waals surface area (Å²) in [6.45, 7) is 3.80. The monoisotopic (exact) mass is 355 g/mol. The van der Waals surface area contributed by atoms with E-state index in [2.05, 4.69) is 15.6 Å². The first-order valence-corrected chi connectivity index (χ1v) is 8.60. The first-order chi connectivity index (χ1) is 12.1. The van der Waals surface area contributed by atoms with Crippen LogP contribution in [0, 0.1) is 0 Å². The van der Waals surface area contributed by atoms with Crippen molar-refractivity contribution in [2.45, 2.75) is 13.8 Å². The number of carbonyl (C=O) groups excluding carboxylic acids is 2. The summed E-state index contributed by atoms with van der Waals surface area (Å²) in [5, 5.41) is 6.07. The van der Waals surface area contributed by atoms with Crippen LogP contribution in [0.5, 0.6) is 5.75 Å². The first-order valence-electron chi connectivity index (χ1n) is 7.78. The van der Waals surface area contributed by atoms with Gasteiger partial charge in [0, 0.05) is 12.6 Å². The summed E-state index contributed by atoms with van der Waals surface area (Å²) in [5.41, 5.74) is 1.90. The Kier molecular flexibility index (Phi) is 4.95. The number of carbonyl (C=O) groups is 2. The molecule has 1 heterocycles. The van der Waals surface area contributed by atoms with E-state index >= 15 is 0 Å². The van der Waals surface area contributed by atoms with Gasteiger partial charge in [-0.2, -0.15) is 0 Å². The minimum Gasteiger partial charge on any atom is -0.493 e. The minimum atomic E-state index is -0.241. The highest BCUT2D eigenvalue weighted by Crippen LogP contribution is 2.29. The minimum absolute atomic E-state index is 0.167. The molecule has 2 amide bonds. The molecule has 0 saturated carbocycles. The molecule has 25 heavy (non-hydrogen) atoms. The summed E-state index contributed by atoms with van der Waals surface area (Å²) in [6.07, 6.45) is 0. The molecule has 2 N–H and O–H groups in total. The summed E-state index contributed by atoms with van der Waals surface area (Å²) in [6, 6.07) is 12.5. The number of hydrogen-bond donors (Lipinski definition) is 2. The highest BCUT2D eigenvalue weighted by atomic mass is 32.1. The SMILES string of the molecule is CCOc1ccccc1C(=O)Nc1ccc2nc(NC(C)=O)sc2c1. The Morgan fingerprint density at radius 3 is 2.72 bits per heavy atom. The van der Waals surface area contributed by atoms with Crippen molar-refractivity contribution < 1.29 is 14.3 Å². The molecule has 0 unspecified atom stereocenters. The second-order valence-electron chi connectivity index (χ2n) is 5.27. The van der Waals surface area contributed by atoms with Crippen LogP contribution >= 0.6 is 11.3 Å². The van der Waals surface area contributed by atoms with E-state index in [0.717, 1.165) is 10.2 Å². The van der Waals surface area contributed by atoms with Gasteiger partial charge >= 0.3 is 0 Å². The van der Waals surface area contributed by atoms with Gasteiger partial charge in [0.2, 0.25) is 5.91 Å². The molecule has 0 aliphatic carbocycles. The molecule has 0 saturated heterocycles. The second-order valence-corrected chi connectivity index (χ2v) is 6.30. The maximum absolute atomic E-state index is 12.5. The number of nitrogens with zero attached hydrogens (tertiary/aromatic N) is 1. The number of hydrogen-bond acceptors (Lipinski definition) is 5. The molecule has 0 atom stereocenters. The summed E-state index contributed by atoms with van der Waals surface area (Å²) in [5.74, 6) is 0.143. The number of amides is 2. The molecule has 0 bridgehead atoms. The fourth-order valence-corrected chi connectivity index (χ4v) is 3.29. The van der Waals surface area contributed by atoms with Crippen LogP contribution in [0.25, 0.3) is 10.2 Å². The third-order valence-electron chi connectivity index (χ3n) is 3.36. The highest BCUT2D eigenvalue weighted by molar-refractivity contribution is 7.22. The Morgan fingerprint density at radius 1 is 1.16 bits per heavy atom. The van der Waals surface area contributed by atoms with Crippen LogP contribution in [-0.2, 0) is 4.79 Å². The summed E-state index contributed by atoms with van der Waals surface area (Å²) in [4.78, 5) is 28.0. The molecule has 1 aromatic heterocycles. The van der Waals surface area contributed by atoms with Gasteiger partial charge in [0.25, 0.3) is 5.91 Å². The number of ether oxygens (including phenoxy) is 1. The van der Waals surface area contributed by atoms with Gasteiger partial charge in [-0.1, -0.05) is 23.5 Å². The number of rotatable bonds is 5. The Bertz CT molecular complexity index is 936. The predicted molar refractivity (Wildman–Crippen MR) is 99.5 cm³/mol. The molecular formula is C18H17N3O3S. The average molecular weight is 355 g/mol. The van der Waals surface area contributed by atoms with Crippen molar-refractivity contribution in [2.24, 2.45) is 0 Å². The lowest BCUT2D eigenvalue weighted by molar-refractivity contribution is -0.114. The number of fused-ring (bicyclic) bond motifs is 1. The van der Waals surface area contributed by atoms with Crippen molar-refractivity contribution in [3.8, 4) is 5.75 Å². The molecular weight excluding hydrogens is 338 g/mol. The number of nitrogens with one attached hydrogen (secondary N) is 2. The molecule has 6 nitrogen and oxygen atoms in total. The standard InChI is InChI=1S/C18H17N3O3S/c1-3-24-15-7-5-4-6-13(15)17(23)20-12-8-9-14-16(10-12)25-18(21-14)19-11(2)22/h4-10H,3H2,1-2H3,(H,20,23)(H,19,21,22). The molecule has 0 aliphatic heterocycles. The fraction of sp³-hybridized carbons (Fsp3) is 0.167. The number of para-hydroxylation sites is 1. The van der Waals surface area contributed by atoms with E-state index in [1.165, 1.54) is 18.3 Å². The molecule has 0 fully saturated rings. The van der Waals surface area contributed by atoms with E-state index in [4.69, 9.17) is 4.74 Å². The molecule has 3 aromatic rings. The van der Waals surface area contributed by atoms with Gasteiger partial charge in [0.1, 0.15) is 5.75 Å². The normalized spacial score (nSPS) is 10.5. The summed E-state index contributed by atoms with van der Waals surface area (Å²) >= 11 is 1.35. The van der Waals surface area contributed by atoms with Gasteiger partial charge in [0.05, 0.1) is 22.4 Å². The van der Waals surface area contributed by atoms with Gasteiger partial charge in [0.15, 0.2) is 5.13 Å². The molecule has 0 aliphatic rings. The molecule has 128 valence electrons. The van der Waals surface area contributed by atoms with Crippen molar-refractivity contribution in [3.05, 3.63) is 48.0 Å². The average Bonchev–Trinajstić information content (AvgIpc) is 2.96. The van der Waals surface area contributed by atoms with E-state index in [1.807, 2.05) is 19.1 Å². The Hall–Kier alpha value is -2.93. The number of benzene rings is 2. The van der Waals surface area contributed by atoms with Crippen molar-refractivity contribution in [1.29, 1.82) is 0 Å². The van der Waals surface area contributed by atoms with Crippen LogP contribution in [0.2, 0.25) is 0 Å². The summed E-state index contributed by atoms with van der Waals surface area (Å²) in [7, 11) is 0. The Morgan fingerprint density at radius 2 is 1.96 bits per heavy atom. The largest absolute Gasteiger partial charge is 0.493 e. The van der Waals surface area contributed by atoms with E-state index in [9.17, 15) is 9.59 Å². The van der Waals surface area contributed by atoms with Crippen molar-refractivity contribution in [1.82, 2.24) is 4.98 Å². The number of thiazole rings is 1. The first kappa shape index (κ1) is 16.9. The highest BCUT2D eigenvalue weighted by Gasteiger charge is 2.13. The Labute approximate surface area is 148 Å². The maximum Gasteiger partial charge on any atom is 0.259 e. The molecule has 3 rings (SSSR count). The lowest BCUT2D eigenvalue weighted by atomic mass is 10.2. The van der Waals surface area contributed by atoms with Crippen LogP contribution < -0.4 is 15.4 Å². The van der Waals surface area contributed by atoms with Gasteiger partial charge in [-0.15, -0.1) is 0 Å². The fourth-order valence-electron chi connectivity index (χ4n) is 2.34. The number of aromatic nitrogens is 1. The van der Waals surface area contributed by atoms with E-state index in [1.54, 1.807) is 30.3 Å². The quantitative estimate of drug-likeness (QED) is 0.727. The predicted octanol–water partition coefficient (Wildman–Crippen LogP) is 3.91. The van der Waals surface area contributed by atoms with Crippen molar-refractivity contribution in [3.63, 3.8) is 0 Å². The zero-order valence-electron chi connectivity index (χ0n) is 13.8. The van der Waals surface area contributed by atoms with Gasteiger partial charge in [-0.3, -0.25) is 9.59 Å². The third-order valence-corrected chi connectivity index (χ3v) is 4.29. The smallest absolute Gasteiger partial charge is 0.259 e. The molecule has 2 aromatic carbocycles. The zero-order chi connectivity index (χ0) is 17.8. The van der Waals surface area contributed by atoms with E-state index < -0.39 is 0 Å². The van der Waals surface area contributed by atoms with Gasteiger partial charge in [-0.25, -0.2) is 4.98 Å². The van der Waals surface area contributed by atoms with Crippen molar-refractivity contribution in [2.75, 3.05) is 17.2 Å². The van der Waals surface area contributed by atoms with E-state index in [0.29, 0.717) is 28.7 Å². The zero-order valence-corrected chi connectivity index (χ0v) is 14.6. The lowest BCUT2D eigenvalue weighted by Crippen LogP contribution is -2.13.